The first-order valence-electron chi connectivity index (χ1n) is 7.24. The molecule has 0 heterocycles. The summed E-state index contributed by atoms with van der Waals surface area (Å²) in [7, 11) is -2.50. The van der Waals surface area contributed by atoms with Crippen molar-refractivity contribution < 1.29 is 0 Å². The fraction of sp³-hybridized carbons (Fsp3) is 1.00. The largest absolute Gasteiger partial charge is 0.0814 e. The van der Waals surface area contributed by atoms with Crippen molar-refractivity contribution in [3.8, 4) is 0 Å². The summed E-state index contributed by atoms with van der Waals surface area (Å²) in [6.45, 7) is 14.5. The lowest BCUT2D eigenvalue weighted by Crippen LogP contribution is -2.65. The molecule has 0 nitrogen and oxygen atoms in total. The minimum atomic E-state index is -1.25. The maximum Gasteiger partial charge on any atom is 0.0814 e. The molecule has 104 valence electrons. The fourth-order valence-corrected chi connectivity index (χ4v) is 26.8. The number of rotatable bonds is 8. The molecule has 0 unspecified atom stereocenters. The average Bonchev–Trinajstić information content (AvgIpc) is 2.34. The Hall–Kier alpha value is 1.39. The molecule has 0 bridgehead atoms. The van der Waals surface area contributed by atoms with Gasteiger partial charge in [0, 0.05) is 0 Å². The standard InChI is InChI=1S/C13H30Br2Si2/c1-7-16(8-2,9-3)13(14,15)17(10-4,11-5)12-6/h7-12H2,1-6H3. The van der Waals surface area contributed by atoms with Crippen LogP contribution in [0, 0.1) is 0 Å². The van der Waals surface area contributed by atoms with E-state index in [2.05, 4.69) is 73.4 Å². The molecule has 0 N–H and O–H groups in total. The van der Waals surface area contributed by atoms with Crippen LogP contribution in [0.1, 0.15) is 41.5 Å². The molecule has 0 aliphatic carbocycles. The third-order valence-electron chi connectivity index (χ3n) is 5.39. The number of alkyl halides is 2. The van der Waals surface area contributed by atoms with Gasteiger partial charge in [0.2, 0.25) is 0 Å². The van der Waals surface area contributed by atoms with E-state index < -0.39 is 16.1 Å². The van der Waals surface area contributed by atoms with Gasteiger partial charge in [0.15, 0.2) is 0 Å². The van der Waals surface area contributed by atoms with Crippen LogP contribution in [-0.4, -0.2) is 18.6 Å². The zero-order valence-electron chi connectivity index (χ0n) is 12.5. The minimum Gasteiger partial charge on any atom is -0.0802 e. The van der Waals surface area contributed by atoms with Crippen molar-refractivity contribution in [2.24, 2.45) is 0 Å². The van der Waals surface area contributed by atoms with Gasteiger partial charge in [-0.2, -0.15) is 0 Å². The van der Waals surface area contributed by atoms with Gasteiger partial charge in [-0.05, 0) is 0 Å². The summed E-state index contributed by atoms with van der Waals surface area (Å²) in [6, 6.07) is 8.36. The summed E-state index contributed by atoms with van der Waals surface area (Å²) >= 11 is 8.46. The summed E-state index contributed by atoms with van der Waals surface area (Å²) in [5.41, 5.74) is 0. The first-order chi connectivity index (χ1) is 7.86. The Labute approximate surface area is 128 Å². The maximum atomic E-state index is 4.23. The predicted octanol–water partition coefficient (Wildman–Crippen LogP) is 6.57. The Morgan fingerprint density at radius 3 is 0.882 bits per heavy atom. The quantitative estimate of drug-likeness (QED) is 0.318. The van der Waals surface area contributed by atoms with Crippen LogP contribution in [0.4, 0.5) is 0 Å². The molecule has 0 spiro atoms. The number of hydrogen-bond acceptors (Lipinski definition) is 0. The van der Waals surface area contributed by atoms with Crippen LogP contribution in [0.25, 0.3) is 0 Å². The van der Waals surface area contributed by atoms with Crippen LogP contribution in [-0.2, 0) is 0 Å². The average molecular weight is 402 g/mol. The Bertz CT molecular complexity index is 183. The monoisotopic (exact) mass is 400 g/mol. The van der Waals surface area contributed by atoms with E-state index in [0.29, 0.717) is 2.48 Å². The van der Waals surface area contributed by atoms with E-state index in [1.165, 1.54) is 36.3 Å². The molecule has 0 rings (SSSR count). The second-order valence-electron chi connectivity index (χ2n) is 5.26. The fourth-order valence-electron chi connectivity index (χ4n) is 3.39. The molecule has 0 atom stereocenters. The van der Waals surface area contributed by atoms with E-state index in [1.807, 2.05) is 0 Å². The molecule has 0 saturated carbocycles. The van der Waals surface area contributed by atoms with Crippen LogP contribution < -0.4 is 0 Å². The SMILES string of the molecule is CC[Si](CC)(CC)C(Br)(Br)[Si](CC)(CC)CC. The molecule has 17 heavy (non-hydrogen) atoms. The zero-order chi connectivity index (χ0) is 13.7. The lowest BCUT2D eigenvalue weighted by atomic mass is 10.9. The first-order valence-corrected chi connectivity index (χ1v) is 14.1. The third kappa shape index (κ3) is 2.95. The van der Waals surface area contributed by atoms with Crippen LogP contribution in [0.3, 0.4) is 0 Å². The van der Waals surface area contributed by atoms with Gasteiger partial charge >= 0.3 is 0 Å². The van der Waals surface area contributed by atoms with Crippen molar-refractivity contribution >= 4 is 48.0 Å². The molecule has 0 aromatic heterocycles. The van der Waals surface area contributed by atoms with E-state index in [-0.39, 0.29) is 0 Å². The Balaban J connectivity index is 5.60. The van der Waals surface area contributed by atoms with Crippen molar-refractivity contribution in [3.05, 3.63) is 0 Å². The van der Waals surface area contributed by atoms with Gasteiger partial charge in [-0.25, -0.2) is 0 Å². The smallest absolute Gasteiger partial charge is 0.0802 e. The highest BCUT2D eigenvalue weighted by molar-refractivity contribution is 9.27. The predicted molar refractivity (Wildman–Crippen MR) is 95.0 cm³/mol. The van der Waals surface area contributed by atoms with Gasteiger partial charge in [-0.1, -0.05) is 110 Å². The lowest BCUT2D eigenvalue weighted by Gasteiger charge is -2.52. The van der Waals surface area contributed by atoms with Gasteiger partial charge in [-0.3, -0.25) is 0 Å². The second-order valence-corrected chi connectivity index (χ2v) is 23.0. The van der Waals surface area contributed by atoms with Crippen LogP contribution >= 0.6 is 31.9 Å². The van der Waals surface area contributed by atoms with E-state index >= 15 is 0 Å². The van der Waals surface area contributed by atoms with Crippen LogP contribution in [0.15, 0.2) is 0 Å². The Kier molecular flexibility index (Phi) is 7.84. The highest BCUT2D eigenvalue weighted by Gasteiger charge is 2.57. The Morgan fingerprint density at radius 1 is 0.588 bits per heavy atom. The third-order valence-corrected chi connectivity index (χ3v) is 29.5. The first kappa shape index (κ1) is 18.4. The van der Waals surface area contributed by atoms with Gasteiger partial charge < -0.3 is 0 Å². The molecule has 0 aliphatic heterocycles. The second kappa shape index (κ2) is 7.25. The highest BCUT2D eigenvalue weighted by Crippen LogP contribution is 2.53. The van der Waals surface area contributed by atoms with Gasteiger partial charge in [0.25, 0.3) is 0 Å². The molecule has 0 amide bonds. The van der Waals surface area contributed by atoms with Crippen LogP contribution in [0.5, 0.6) is 0 Å². The molecule has 0 aliphatic rings. The highest BCUT2D eigenvalue weighted by atomic mass is 79.9. The Morgan fingerprint density at radius 2 is 0.765 bits per heavy atom. The van der Waals surface area contributed by atoms with E-state index in [0.717, 1.165) is 0 Å². The molecular formula is C13H30Br2Si2. The zero-order valence-corrected chi connectivity index (χ0v) is 17.7. The molecule has 0 fully saturated rings. The van der Waals surface area contributed by atoms with Crippen molar-refractivity contribution in [3.63, 3.8) is 0 Å². The van der Waals surface area contributed by atoms with Crippen molar-refractivity contribution in [2.45, 2.75) is 80.3 Å². The van der Waals surface area contributed by atoms with E-state index in [9.17, 15) is 0 Å². The molecule has 4 heteroatoms. The summed E-state index contributed by atoms with van der Waals surface area (Å²) < 4.78 is 0.330. The number of hydrogen-bond donors (Lipinski definition) is 0. The molecular weight excluding hydrogens is 372 g/mol. The summed E-state index contributed by atoms with van der Waals surface area (Å²) in [5.74, 6) is 0. The molecule has 0 aromatic carbocycles. The van der Waals surface area contributed by atoms with Crippen LogP contribution in [0.2, 0.25) is 36.3 Å². The normalized spacial score (nSPS) is 14.1. The number of halogens is 2. The van der Waals surface area contributed by atoms with Crippen molar-refractivity contribution in [1.29, 1.82) is 0 Å². The minimum absolute atomic E-state index is 0.330. The summed E-state index contributed by atoms with van der Waals surface area (Å²) in [6.07, 6.45) is 0. The van der Waals surface area contributed by atoms with Gasteiger partial charge in [0.05, 0.1) is 18.6 Å². The van der Waals surface area contributed by atoms with Crippen molar-refractivity contribution in [1.82, 2.24) is 0 Å². The van der Waals surface area contributed by atoms with Crippen molar-refractivity contribution in [2.75, 3.05) is 0 Å². The topological polar surface area (TPSA) is 0 Å². The summed E-state index contributed by atoms with van der Waals surface area (Å²) in [4.78, 5) is 0. The van der Waals surface area contributed by atoms with Gasteiger partial charge in [-0.15, -0.1) is 0 Å². The molecule has 0 aromatic rings. The van der Waals surface area contributed by atoms with Gasteiger partial charge in [0.1, 0.15) is 0 Å². The maximum absolute atomic E-state index is 4.23. The molecule has 0 radical (unpaired) electrons. The van der Waals surface area contributed by atoms with E-state index in [1.54, 1.807) is 0 Å². The summed E-state index contributed by atoms with van der Waals surface area (Å²) in [5, 5.41) is 0. The molecule has 0 saturated heterocycles. The van der Waals surface area contributed by atoms with E-state index in [4.69, 9.17) is 0 Å². The lowest BCUT2D eigenvalue weighted by molar-refractivity contribution is 1.07.